The van der Waals surface area contributed by atoms with Crippen LogP contribution in [0, 0.1) is 0 Å². The summed E-state index contributed by atoms with van der Waals surface area (Å²) in [6.07, 6.45) is 0.706. The second-order valence-electron chi connectivity index (χ2n) is 20.5. The molecule has 19 nitrogen and oxygen atoms in total. The predicted octanol–water partition coefficient (Wildman–Crippen LogP) is 7.61. The number of nitrogens with one attached hydrogen (secondary N) is 1. The van der Waals surface area contributed by atoms with Crippen molar-refractivity contribution in [3.63, 3.8) is 0 Å². The molecule has 75 heavy (non-hydrogen) atoms. The van der Waals surface area contributed by atoms with Gasteiger partial charge >= 0.3 is 23.9 Å². The first-order chi connectivity index (χ1) is 35.9. The van der Waals surface area contributed by atoms with Crippen LogP contribution in [0.1, 0.15) is 107 Å². The van der Waals surface area contributed by atoms with Crippen molar-refractivity contribution in [2.75, 3.05) is 53.4 Å². The van der Waals surface area contributed by atoms with E-state index >= 15 is 0 Å². The average molecular weight is 1030 g/mol. The number of cyclic esters (lactones) is 1. The van der Waals surface area contributed by atoms with E-state index in [0.717, 1.165) is 86.0 Å². The quantitative estimate of drug-likeness (QED) is 0.0413. The zero-order valence-electron chi connectivity index (χ0n) is 44.3. The van der Waals surface area contributed by atoms with E-state index in [1.54, 1.807) is 80.3 Å². The number of H-pyrrole nitrogens is 1. The minimum Gasteiger partial charge on any atom is -0.508 e. The van der Waals surface area contributed by atoms with Crippen LogP contribution in [0.25, 0.3) is 39.4 Å². The maximum atomic E-state index is 14.3. The Balaban J connectivity index is 0.00000369. The Morgan fingerprint density at radius 2 is 1.64 bits per heavy atom. The zero-order chi connectivity index (χ0) is 53.9. The maximum absolute atomic E-state index is 14.3. The number of aliphatic hydroxyl groups is 1. The number of pyridine rings is 2. The summed E-state index contributed by atoms with van der Waals surface area (Å²) in [4.78, 5) is 78.7. The molecule has 0 saturated carbocycles. The Hall–Kier alpha value is -7.35. The monoisotopic (exact) mass is 1030 g/mol. The van der Waals surface area contributed by atoms with Crippen molar-refractivity contribution >= 4 is 29.1 Å². The average Bonchev–Trinajstić information content (AvgIpc) is 3.99. The molecule has 0 radical (unpaired) electrons. The second-order valence-corrected chi connectivity index (χ2v) is 20.5. The number of nitrogens with zero attached hydrogens (tertiary/aromatic N) is 7. The van der Waals surface area contributed by atoms with Gasteiger partial charge in [0.05, 0.1) is 34.7 Å². The lowest BCUT2D eigenvalue weighted by atomic mass is 9.85. The van der Waals surface area contributed by atoms with Gasteiger partial charge in [-0.1, -0.05) is 39.8 Å². The molecular formula is C56H68N8O11. The largest absolute Gasteiger partial charge is 0.514 e. The van der Waals surface area contributed by atoms with E-state index in [1.165, 1.54) is 4.90 Å². The molecule has 1 atom stereocenters. The molecule has 19 heteroatoms. The molecule has 3 aromatic heterocycles. The molecule has 3 N–H and O–H groups in total. The van der Waals surface area contributed by atoms with Gasteiger partial charge < -0.3 is 43.5 Å². The molecule has 0 bridgehead atoms. The van der Waals surface area contributed by atoms with Crippen LogP contribution >= 0.6 is 0 Å². The van der Waals surface area contributed by atoms with Gasteiger partial charge in [0.15, 0.2) is 5.82 Å². The number of aliphatic hydroxyl groups excluding tert-OH is 1. The number of hydrogen-bond donors (Lipinski definition) is 3. The number of amides is 1. The van der Waals surface area contributed by atoms with E-state index in [-0.39, 0.29) is 48.1 Å². The molecule has 1 unspecified atom stereocenters. The van der Waals surface area contributed by atoms with Gasteiger partial charge in [-0.2, -0.15) is 5.10 Å². The number of phenols is 1. The Kier molecular flexibility index (Phi) is 16.0. The summed E-state index contributed by atoms with van der Waals surface area (Å²) in [7, 11) is 2.65. The first-order valence-electron chi connectivity index (χ1n) is 25.6. The van der Waals surface area contributed by atoms with Crippen LogP contribution < -0.4 is 16.0 Å². The lowest BCUT2D eigenvalue weighted by Gasteiger charge is -2.36. The number of unbranched alkanes of at least 4 members (excludes halogenated alkanes) is 1. The van der Waals surface area contributed by atoms with E-state index in [0.29, 0.717) is 59.1 Å². The number of benzene rings is 3. The van der Waals surface area contributed by atoms with Crippen LogP contribution in [0.15, 0.2) is 76.3 Å². The van der Waals surface area contributed by atoms with Crippen molar-refractivity contribution in [2.24, 2.45) is 0 Å². The Morgan fingerprint density at radius 3 is 2.32 bits per heavy atom. The maximum Gasteiger partial charge on any atom is 0.514 e. The number of fused-ring (bicyclic) bond motifs is 5. The standard InChI is InChI=1S/C55H64N8O10.CH4O/c1-9-38-40-28-37(71-53(69)73-54(5,6)7)18-19-44(40)56-47-41(38)31-62-45(47)29-43-42(49(62)65)32-70-50(66)55(43,10-2)72-52(68)59(8)21-11-12-22-60-23-25-61(26-24-60)30-34-13-16-36(17-14-34)63-48(57-58-51(63)67)35-15-20-46(64)39(27-35)33(3)4;1-2/h13-20,27-29,33,64H,9-12,21-26,30-32H2,1-8H3,(H,58,67);2H,1H3. The summed E-state index contributed by atoms with van der Waals surface area (Å²) in [5, 5.41) is 25.0. The number of hydrogen-bond acceptors (Lipinski definition) is 15. The van der Waals surface area contributed by atoms with Crippen molar-refractivity contribution in [3.8, 4) is 40.0 Å². The van der Waals surface area contributed by atoms with Crippen LogP contribution in [0.5, 0.6) is 11.5 Å². The van der Waals surface area contributed by atoms with Crippen LogP contribution in [0.4, 0.5) is 9.59 Å². The van der Waals surface area contributed by atoms with E-state index < -0.39 is 29.4 Å². The first-order valence-corrected chi connectivity index (χ1v) is 25.6. The Morgan fingerprint density at radius 1 is 0.920 bits per heavy atom. The molecule has 9 rings (SSSR count). The molecule has 0 spiro atoms. The Bertz CT molecular complexity index is 3220. The first kappa shape index (κ1) is 53.9. The van der Waals surface area contributed by atoms with E-state index in [9.17, 15) is 29.1 Å². The minimum absolute atomic E-state index is 0.0477. The zero-order valence-corrected chi connectivity index (χ0v) is 44.3. The highest BCUT2D eigenvalue weighted by atomic mass is 16.7. The molecule has 3 aromatic carbocycles. The summed E-state index contributed by atoms with van der Waals surface area (Å²) in [5.41, 5.74) is 4.19. The van der Waals surface area contributed by atoms with Crippen molar-refractivity contribution in [3.05, 3.63) is 121 Å². The second kappa shape index (κ2) is 22.2. The fraction of sp³-hybridized carbons (Fsp3) is 0.446. The Labute approximate surface area is 435 Å². The molecule has 1 saturated heterocycles. The van der Waals surface area contributed by atoms with Gasteiger partial charge in [0.25, 0.3) is 5.56 Å². The number of aromatic amines is 1. The molecule has 0 aliphatic carbocycles. The van der Waals surface area contributed by atoms with Crippen molar-refractivity contribution in [1.29, 1.82) is 0 Å². The molecule has 6 aromatic rings. The fourth-order valence-electron chi connectivity index (χ4n) is 10.2. The van der Waals surface area contributed by atoms with Gasteiger partial charge in [0, 0.05) is 75.5 Å². The topological polar surface area (TPSA) is 224 Å². The third-order valence-electron chi connectivity index (χ3n) is 14.1. The number of rotatable bonds is 14. The number of carbonyl (C=O) groups is 3. The van der Waals surface area contributed by atoms with Crippen molar-refractivity contribution in [1.82, 2.24) is 39.0 Å². The highest BCUT2D eigenvalue weighted by molar-refractivity contribution is 5.91. The predicted molar refractivity (Wildman–Crippen MR) is 282 cm³/mol. The molecular weight excluding hydrogens is 961 g/mol. The van der Waals surface area contributed by atoms with Gasteiger partial charge in [0.2, 0.25) is 5.60 Å². The summed E-state index contributed by atoms with van der Waals surface area (Å²) in [6, 6.07) is 20.1. The molecule has 1 fully saturated rings. The van der Waals surface area contributed by atoms with Gasteiger partial charge in [-0.25, -0.2) is 33.8 Å². The number of aromatic hydroxyl groups is 1. The number of aryl methyl sites for hydroxylation is 1. The van der Waals surface area contributed by atoms with Gasteiger partial charge in [-0.05, 0) is 130 Å². The summed E-state index contributed by atoms with van der Waals surface area (Å²) < 4.78 is 25.8. The van der Waals surface area contributed by atoms with Gasteiger partial charge in [-0.15, -0.1) is 0 Å². The van der Waals surface area contributed by atoms with Crippen LogP contribution in [0.2, 0.25) is 0 Å². The number of phenolic OH excluding ortho intramolecular Hbond substituents is 1. The third-order valence-corrected chi connectivity index (χ3v) is 14.1. The number of carbonyl (C=O) groups excluding carboxylic acids is 3. The SMILES string of the molecule is CCc1c2c(nc3ccc(OC(=O)OC(C)(C)C)cc13)-c1cc3c(c(=O)n1C2)COC(=O)C3(CC)OC(=O)N(C)CCCCN1CCN(Cc2ccc(-n3c(-c4ccc(O)c(C(C)C)c4)n[nH]c3=O)cc2)CC1.CO. The van der Waals surface area contributed by atoms with Crippen LogP contribution in [-0.4, -0.2) is 126 Å². The summed E-state index contributed by atoms with van der Waals surface area (Å²) >= 11 is 0. The lowest BCUT2D eigenvalue weighted by Crippen LogP contribution is -2.49. The van der Waals surface area contributed by atoms with E-state index in [1.807, 2.05) is 51.1 Å². The highest BCUT2D eigenvalue weighted by Crippen LogP contribution is 2.43. The van der Waals surface area contributed by atoms with E-state index in [2.05, 4.69) is 20.0 Å². The molecule has 3 aliphatic rings. The number of ether oxygens (including phenoxy) is 4. The van der Waals surface area contributed by atoms with Gasteiger partial charge in [0.1, 0.15) is 23.7 Å². The molecule has 1 amide bonds. The minimum atomic E-state index is -1.84. The van der Waals surface area contributed by atoms with Crippen LogP contribution in [-0.2, 0) is 50.7 Å². The van der Waals surface area contributed by atoms with Gasteiger partial charge in [-0.3, -0.25) is 9.69 Å². The van der Waals surface area contributed by atoms with Crippen molar-refractivity contribution < 1.29 is 43.5 Å². The molecule has 398 valence electrons. The number of esters is 1. The fourth-order valence-corrected chi connectivity index (χ4v) is 10.2. The third kappa shape index (κ3) is 11.1. The summed E-state index contributed by atoms with van der Waals surface area (Å²) in [5.74, 6) is 0.368. The van der Waals surface area contributed by atoms with Crippen LogP contribution in [0.3, 0.4) is 0 Å². The van der Waals surface area contributed by atoms with Crippen molar-refractivity contribution in [2.45, 2.75) is 111 Å². The molecule has 3 aliphatic heterocycles. The number of piperazine rings is 1. The molecule has 6 heterocycles. The highest BCUT2D eigenvalue weighted by Gasteiger charge is 2.51. The number of aromatic nitrogens is 5. The normalized spacial score (nSPS) is 16.4. The lowest BCUT2D eigenvalue weighted by molar-refractivity contribution is -0.173. The smallest absolute Gasteiger partial charge is 0.508 e. The summed E-state index contributed by atoms with van der Waals surface area (Å²) in [6.45, 7) is 18.7. The van der Waals surface area contributed by atoms with E-state index in [4.69, 9.17) is 29.0 Å².